The van der Waals surface area contributed by atoms with Gasteiger partial charge < -0.3 is 4.90 Å². The predicted molar refractivity (Wildman–Crippen MR) is 87.9 cm³/mol. The molecule has 0 radical (unpaired) electrons. The lowest BCUT2D eigenvalue weighted by Crippen LogP contribution is -2.33. The van der Waals surface area contributed by atoms with Gasteiger partial charge in [-0.25, -0.2) is 0 Å². The van der Waals surface area contributed by atoms with Gasteiger partial charge in [-0.15, -0.1) is 17.0 Å². The lowest BCUT2D eigenvalue weighted by Gasteiger charge is -2.34. The summed E-state index contributed by atoms with van der Waals surface area (Å²) in [5.41, 5.74) is 4.00. The number of hydrogen-bond acceptors (Lipinski definition) is 1. The molecule has 0 bridgehead atoms. The van der Waals surface area contributed by atoms with Gasteiger partial charge in [0, 0.05) is 18.3 Å². The van der Waals surface area contributed by atoms with Crippen molar-refractivity contribution in [1.29, 1.82) is 0 Å². The molecule has 98 valence electrons. The summed E-state index contributed by atoms with van der Waals surface area (Å²) in [6.07, 6.45) is 4.49. The predicted octanol–water partition coefficient (Wildman–Crippen LogP) is 4.69. The van der Waals surface area contributed by atoms with Gasteiger partial charge in [-0.2, -0.15) is 0 Å². The van der Waals surface area contributed by atoms with E-state index in [-0.39, 0.29) is 17.0 Å². The minimum Gasteiger partial charge on any atom is -0.361 e. The van der Waals surface area contributed by atoms with Gasteiger partial charge in [0.05, 0.1) is 0 Å². The largest absolute Gasteiger partial charge is 0.361 e. The maximum Gasteiger partial charge on any atom is 0.0452 e. The first-order valence-electron chi connectivity index (χ1n) is 6.42. The first-order valence-corrected chi connectivity index (χ1v) is 6.42. The molecule has 0 saturated heterocycles. The Morgan fingerprint density at radius 1 is 0.947 bits per heavy atom. The number of benzene rings is 2. The third-order valence-corrected chi connectivity index (χ3v) is 3.49. The number of rotatable bonds is 2. The molecule has 2 aromatic carbocycles. The van der Waals surface area contributed by atoms with Crippen LogP contribution in [0, 0.1) is 0 Å². The molecule has 1 heterocycles. The summed E-state index contributed by atoms with van der Waals surface area (Å²) in [5, 5.41) is 0. The topological polar surface area (TPSA) is 3.24 Å². The first kappa shape index (κ1) is 13.9. The molecule has 1 aliphatic heterocycles. The van der Waals surface area contributed by atoms with Crippen molar-refractivity contribution in [2.45, 2.75) is 19.5 Å². The summed E-state index contributed by atoms with van der Waals surface area (Å²) in [6.45, 7) is 3.21. The second kappa shape index (κ2) is 6.07. The SMILES string of the molecule is Br.CC1C=Cc2ccccc2N1Cc1ccccc1. The van der Waals surface area contributed by atoms with Crippen LogP contribution in [0.2, 0.25) is 0 Å². The van der Waals surface area contributed by atoms with Crippen LogP contribution < -0.4 is 4.90 Å². The third kappa shape index (κ3) is 2.90. The number of nitrogens with zero attached hydrogens (tertiary/aromatic N) is 1. The van der Waals surface area contributed by atoms with E-state index in [1.807, 2.05) is 0 Å². The van der Waals surface area contributed by atoms with Crippen molar-refractivity contribution >= 4 is 28.7 Å². The summed E-state index contributed by atoms with van der Waals surface area (Å²) in [5.74, 6) is 0. The Balaban J connectivity index is 0.00000133. The summed E-state index contributed by atoms with van der Waals surface area (Å²) >= 11 is 0. The van der Waals surface area contributed by atoms with E-state index in [1.165, 1.54) is 16.8 Å². The lowest BCUT2D eigenvalue weighted by molar-refractivity contribution is 0.728. The molecular formula is C17H18BrN. The van der Waals surface area contributed by atoms with Crippen LogP contribution in [0.5, 0.6) is 0 Å². The van der Waals surface area contributed by atoms with Gasteiger partial charge in [-0.1, -0.05) is 60.7 Å². The van der Waals surface area contributed by atoms with E-state index in [1.54, 1.807) is 0 Å². The van der Waals surface area contributed by atoms with E-state index in [4.69, 9.17) is 0 Å². The van der Waals surface area contributed by atoms with Crippen molar-refractivity contribution in [1.82, 2.24) is 0 Å². The van der Waals surface area contributed by atoms with Crippen LogP contribution >= 0.6 is 17.0 Å². The molecule has 19 heavy (non-hydrogen) atoms. The fourth-order valence-electron chi connectivity index (χ4n) is 2.47. The maximum atomic E-state index is 2.45. The minimum atomic E-state index is 0. The number of halogens is 1. The van der Waals surface area contributed by atoms with Crippen molar-refractivity contribution in [3.8, 4) is 0 Å². The van der Waals surface area contributed by atoms with Crippen LogP contribution in [0.25, 0.3) is 6.08 Å². The Labute approximate surface area is 125 Å². The van der Waals surface area contributed by atoms with Crippen molar-refractivity contribution < 1.29 is 0 Å². The average molecular weight is 316 g/mol. The average Bonchev–Trinajstić information content (AvgIpc) is 2.43. The highest BCUT2D eigenvalue weighted by Crippen LogP contribution is 2.29. The van der Waals surface area contributed by atoms with E-state index in [0.29, 0.717) is 6.04 Å². The van der Waals surface area contributed by atoms with Crippen molar-refractivity contribution in [2.75, 3.05) is 4.90 Å². The van der Waals surface area contributed by atoms with E-state index in [9.17, 15) is 0 Å². The molecule has 0 spiro atoms. The van der Waals surface area contributed by atoms with Gasteiger partial charge in [-0.05, 0) is 24.1 Å². The molecule has 1 atom stereocenters. The zero-order valence-electron chi connectivity index (χ0n) is 11.0. The molecule has 1 unspecified atom stereocenters. The molecule has 0 amide bonds. The van der Waals surface area contributed by atoms with Crippen LogP contribution in [0.1, 0.15) is 18.1 Å². The molecule has 0 aromatic heterocycles. The van der Waals surface area contributed by atoms with Gasteiger partial charge in [0.1, 0.15) is 0 Å². The second-order valence-electron chi connectivity index (χ2n) is 4.77. The highest BCUT2D eigenvalue weighted by atomic mass is 79.9. The van der Waals surface area contributed by atoms with E-state index < -0.39 is 0 Å². The second-order valence-corrected chi connectivity index (χ2v) is 4.77. The van der Waals surface area contributed by atoms with Gasteiger partial charge in [0.2, 0.25) is 0 Å². The zero-order chi connectivity index (χ0) is 12.4. The lowest BCUT2D eigenvalue weighted by atomic mass is 10.0. The monoisotopic (exact) mass is 315 g/mol. The van der Waals surface area contributed by atoms with Crippen LogP contribution in [0.4, 0.5) is 5.69 Å². The fraction of sp³-hybridized carbons (Fsp3) is 0.176. The molecule has 0 N–H and O–H groups in total. The highest BCUT2D eigenvalue weighted by molar-refractivity contribution is 8.93. The smallest absolute Gasteiger partial charge is 0.0452 e. The van der Waals surface area contributed by atoms with Crippen LogP contribution in [0.15, 0.2) is 60.7 Å². The van der Waals surface area contributed by atoms with Crippen LogP contribution in [0.3, 0.4) is 0 Å². The third-order valence-electron chi connectivity index (χ3n) is 3.49. The summed E-state index contributed by atoms with van der Waals surface area (Å²) in [7, 11) is 0. The first-order chi connectivity index (χ1) is 8.84. The quantitative estimate of drug-likeness (QED) is 0.777. The molecule has 1 aliphatic rings. The molecule has 2 aromatic rings. The number of para-hydroxylation sites is 1. The standard InChI is InChI=1S/C17H17N.BrH/c1-14-11-12-16-9-5-6-10-17(16)18(14)13-15-7-3-2-4-8-15;/h2-12,14H,13H2,1H3;1H. The molecule has 1 nitrogen and oxygen atoms in total. The molecule has 0 fully saturated rings. The van der Waals surface area contributed by atoms with Crippen LogP contribution in [-0.2, 0) is 6.54 Å². The number of hydrogen-bond donors (Lipinski definition) is 0. The van der Waals surface area contributed by atoms with Gasteiger partial charge in [0.15, 0.2) is 0 Å². The summed E-state index contributed by atoms with van der Waals surface area (Å²) < 4.78 is 0. The number of fused-ring (bicyclic) bond motifs is 1. The van der Waals surface area contributed by atoms with Gasteiger partial charge >= 0.3 is 0 Å². The normalized spacial score (nSPS) is 16.7. The molecule has 0 aliphatic carbocycles. The Kier molecular flexibility index (Phi) is 4.43. The maximum absolute atomic E-state index is 2.45. The van der Waals surface area contributed by atoms with Gasteiger partial charge in [0.25, 0.3) is 0 Å². The number of anilines is 1. The van der Waals surface area contributed by atoms with E-state index in [2.05, 4.69) is 78.6 Å². The van der Waals surface area contributed by atoms with Crippen molar-refractivity contribution in [3.63, 3.8) is 0 Å². The van der Waals surface area contributed by atoms with E-state index in [0.717, 1.165) is 6.54 Å². The summed E-state index contributed by atoms with van der Waals surface area (Å²) in [6, 6.07) is 19.7. The Bertz CT molecular complexity index is 562. The van der Waals surface area contributed by atoms with Crippen LogP contribution in [-0.4, -0.2) is 6.04 Å². The molecule has 2 heteroatoms. The fourth-order valence-corrected chi connectivity index (χ4v) is 2.47. The summed E-state index contributed by atoms with van der Waals surface area (Å²) in [4.78, 5) is 2.45. The van der Waals surface area contributed by atoms with Crippen molar-refractivity contribution in [2.24, 2.45) is 0 Å². The Morgan fingerprint density at radius 2 is 1.63 bits per heavy atom. The van der Waals surface area contributed by atoms with Gasteiger partial charge in [-0.3, -0.25) is 0 Å². The molecule has 3 rings (SSSR count). The highest BCUT2D eigenvalue weighted by Gasteiger charge is 2.18. The molecular weight excluding hydrogens is 298 g/mol. The zero-order valence-corrected chi connectivity index (χ0v) is 12.7. The minimum absolute atomic E-state index is 0. The van der Waals surface area contributed by atoms with E-state index >= 15 is 0 Å². The Morgan fingerprint density at radius 3 is 2.42 bits per heavy atom. The Hall–Kier alpha value is -1.54. The van der Waals surface area contributed by atoms with Crippen molar-refractivity contribution in [3.05, 3.63) is 71.8 Å². The molecule has 0 saturated carbocycles.